The molecule has 0 unspecified atom stereocenters. The highest BCUT2D eigenvalue weighted by Crippen LogP contribution is 2.22. The highest BCUT2D eigenvalue weighted by molar-refractivity contribution is 5.81. The van der Waals surface area contributed by atoms with Crippen molar-refractivity contribution in [3.05, 3.63) is 30.5 Å². The molecule has 1 aromatic carbocycles. The molecular weight excluding hydrogens is 248 g/mol. The summed E-state index contributed by atoms with van der Waals surface area (Å²) in [6.45, 7) is 7.53. The molecule has 2 aromatic rings. The molecule has 0 atom stereocenters. The van der Waals surface area contributed by atoms with Crippen LogP contribution in [-0.2, 0) is 6.54 Å². The summed E-state index contributed by atoms with van der Waals surface area (Å²) < 4.78 is 7.92. The molecule has 20 heavy (non-hydrogen) atoms. The Balaban J connectivity index is 1.68. The topological polar surface area (TPSA) is 17.4 Å². The first-order chi connectivity index (χ1) is 9.86. The van der Waals surface area contributed by atoms with Gasteiger partial charge in [-0.2, -0.15) is 0 Å². The zero-order chi connectivity index (χ0) is 13.8. The summed E-state index contributed by atoms with van der Waals surface area (Å²) >= 11 is 0. The molecule has 0 amide bonds. The quantitative estimate of drug-likeness (QED) is 0.828. The van der Waals surface area contributed by atoms with Crippen LogP contribution in [0.1, 0.15) is 26.2 Å². The van der Waals surface area contributed by atoms with Gasteiger partial charge in [-0.1, -0.05) is 6.42 Å². The molecule has 0 N–H and O–H groups in total. The molecule has 2 heterocycles. The average Bonchev–Trinajstić information content (AvgIpc) is 2.89. The lowest BCUT2D eigenvalue weighted by molar-refractivity contribution is 0.221. The fourth-order valence-corrected chi connectivity index (χ4v) is 3.06. The van der Waals surface area contributed by atoms with Crippen molar-refractivity contribution >= 4 is 10.9 Å². The largest absolute Gasteiger partial charge is 0.494 e. The fourth-order valence-electron chi connectivity index (χ4n) is 3.06. The van der Waals surface area contributed by atoms with Crippen molar-refractivity contribution in [3.63, 3.8) is 0 Å². The molecular formula is C17H24N2O. The number of rotatable bonds is 5. The Morgan fingerprint density at radius 3 is 2.70 bits per heavy atom. The predicted molar refractivity (Wildman–Crippen MR) is 83.4 cm³/mol. The molecule has 0 spiro atoms. The van der Waals surface area contributed by atoms with Crippen LogP contribution in [0.4, 0.5) is 0 Å². The third kappa shape index (κ3) is 2.98. The Kier molecular flexibility index (Phi) is 4.26. The maximum atomic E-state index is 5.56. The maximum Gasteiger partial charge on any atom is 0.120 e. The molecule has 1 aliphatic heterocycles. The van der Waals surface area contributed by atoms with E-state index in [1.165, 1.54) is 43.3 Å². The van der Waals surface area contributed by atoms with Crippen molar-refractivity contribution < 1.29 is 4.74 Å². The van der Waals surface area contributed by atoms with Gasteiger partial charge in [-0.05, 0) is 57.1 Å². The van der Waals surface area contributed by atoms with Gasteiger partial charge in [-0.3, -0.25) is 0 Å². The number of hydrogen-bond acceptors (Lipinski definition) is 2. The number of ether oxygens (including phenoxy) is 1. The van der Waals surface area contributed by atoms with Crippen LogP contribution >= 0.6 is 0 Å². The molecule has 0 bridgehead atoms. The second-order valence-electron chi connectivity index (χ2n) is 5.57. The normalized spacial score (nSPS) is 16.6. The Bertz CT molecular complexity index is 555. The molecule has 1 saturated heterocycles. The van der Waals surface area contributed by atoms with Crippen LogP contribution < -0.4 is 4.74 Å². The van der Waals surface area contributed by atoms with Crippen molar-refractivity contribution in [2.24, 2.45) is 0 Å². The fraction of sp³-hybridized carbons (Fsp3) is 0.529. The van der Waals surface area contributed by atoms with E-state index in [4.69, 9.17) is 4.74 Å². The van der Waals surface area contributed by atoms with Gasteiger partial charge in [0, 0.05) is 30.2 Å². The lowest BCUT2D eigenvalue weighted by Gasteiger charge is -2.26. The SMILES string of the molecule is CCOc1ccc2c(ccn2CCN2CCCCC2)c1. The number of hydrogen-bond donors (Lipinski definition) is 0. The number of nitrogens with zero attached hydrogens (tertiary/aromatic N) is 2. The van der Waals surface area contributed by atoms with Crippen molar-refractivity contribution in [2.75, 3.05) is 26.2 Å². The van der Waals surface area contributed by atoms with Gasteiger partial charge >= 0.3 is 0 Å². The highest BCUT2D eigenvalue weighted by atomic mass is 16.5. The smallest absolute Gasteiger partial charge is 0.120 e. The number of aromatic nitrogens is 1. The molecule has 1 aliphatic rings. The van der Waals surface area contributed by atoms with E-state index >= 15 is 0 Å². The predicted octanol–water partition coefficient (Wildman–Crippen LogP) is 3.53. The monoisotopic (exact) mass is 272 g/mol. The lowest BCUT2D eigenvalue weighted by atomic mass is 10.1. The van der Waals surface area contributed by atoms with Crippen LogP contribution in [0, 0.1) is 0 Å². The summed E-state index contributed by atoms with van der Waals surface area (Å²) in [5.41, 5.74) is 1.31. The van der Waals surface area contributed by atoms with E-state index in [0.717, 1.165) is 25.4 Å². The third-order valence-electron chi connectivity index (χ3n) is 4.16. The van der Waals surface area contributed by atoms with Crippen molar-refractivity contribution in [1.82, 2.24) is 9.47 Å². The molecule has 3 nitrogen and oxygen atoms in total. The first-order valence-corrected chi connectivity index (χ1v) is 7.81. The van der Waals surface area contributed by atoms with Gasteiger partial charge in [0.05, 0.1) is 6.61 Å². The molecule has 0 radical (unpaired) electrons. The van der Waals surface area contributed by atoms with Crippen LogP contribution in [0.3, 0.4) is 0 Å². The summed E-state index contributed by atoms with van der Waals surface area (Å²) in [4.78, 5) is 2.59. The van der Waals surface area contributed by atoms with E-state index in [1.54, 1.807) is 0 Å². The number of fused-ring (bicyclic) bond motifs is 1. The third-order valence-corrected chi connectivity index (χ3v) is 4.16. The van der Waals surface area contributed by atoms with Crippen LogP contribution in [0.2, 0.25) is 0 Å². The van der Waals surface area contributed by atoms with Gasteiger partial charge in [0.15, 0.2) is 0 Å². The lowest BCUT2D eigenvalue weighted by Crippen LogP contribution is -2.32. The summed E-state index contributed by atoms with van der Waals surface area (Å²) in [5, 5.41) is 1.27. The maximum absolute atomic E-state index is 5.56. The minimum absolute atomic E-state index is 0.723. The van der Waals surface area contributed by atoms with Crippen LogP contribution in [0.5, 0.6) is 5.75 Å². The Morgan fingerprint density at radius 1 is 1.05 bits per heavy atom. The summed E-state index contributed by atoms with van der Waals surface area (Å²) in [6.07, 6.45) is 6.34. The highest BCUT2D eigenvalue weighted by Gasteiger charge is 2.10. The second-order valence-corrected chi connectivity index (χ2v) is 5.57. The average molecular weight is 272 g/mol. The van der Waals surface area contributed by atoms with Crippen molar-refractivity contribution in [2.45, 2.75) is 32.7 Å². The van der Waals surface area contributed by atoms with Gasteiger partial charge in [-0.25, -0.2) is 0 Å². The first kappa shape index (κ1) is 13.5. The number of benzene rings is 1. The van der Waals surface area contributed by atoms with E-state index < -0.39 is 0 Å². The van der Waals surface area contributed by atoms with Gasteiger partial charge in [0.1, 0.15) is 5.75 Å². The number of piperidine rings is 1. The molecule has 0 aliphatic carbocycles. The standard InChI is InChI=1S/C17H24N2O/c1-2-20-16-6-7-17-15(14-16)8-11-19(17)13-12-18-9-4-3-5-10-18/h6-8,11,14H,2-5,9-10,12-13H2,1H3. The van der Waals surface area contributed by atoms with Gasteiger partial charge in [0.25, 0.3) is 0 Å². The molecule has 3 heteroatoms. The van der Waals surface area contributed by atoms with E-state index in [-0.39, 0.29) is 0 Å². The van der Waals surface area contributed by atoms with Crippen molar-refractivity contribution in [1.29, 1.82) is 0 Å². The molecule has 3 rings (SSSR count). The van der Waals surface area contributed by atoms with E-state index in [9.17, 15) is 0 Å². The van der Waals surface area contributed by atoms with E-state index in [1.807, 2.05) is 6.92 Å². The zero-order valence-corrected chi connectivity index (χ0v) is 12.3. The summed E-state index contributed by atoms with van der Waals surface area (Å²) in [6, 6.07) is 8.57. The number of likely N-dealkylation sites (tertiary alicyclic amines) is 1. The van der Waals surface area contributed by atoms with Gasteiger partial charge < -0.3 is 14.2 Å². The van der Waals surface area contributed by atoms with E-state index in [2.05, 4.69) is 39.9 Å². The minimum Gasteiger partial charge on any atom is -0.494 e. The minimum atomic E-state index is 0.723. The summed E-state index contributed by atoms with van der Waals surface area (Å²) in [5.74, 6) is 0.966. The first-order valence-electron chi connectivity index (χ1n) is 7.81. The molecule has 1 fully saturated rings. The zero-order valence-electron chi connectivity index (χ0n) is 12.3. The van der Waals surface area contributed by atoms with Crippen LogP contribution in [0.25, 0.3) is 10.9 Å². The Morgan fingerprint density at radius 2 is 1.90 bits per heavy atom. The van der Waals surface area contributed by atoms with Crippen LogP contribution in [0.15, 0.2) is 30.5 Å². The second kappa shape index (κ2) is 6.31. The van der Waals surface area contributed by atoms with Crippen LogP contribution in [-0.4, -0.2) is 35.7 Å². The van der Waals surface area contributed by atoms with Gasteiger partial charge in [0.2, 0.25) is 0 Å². The Labute approximate surface area is 121 Å². The Hall–Kier alpha value is -1.48. The van der Waals surface area contributed by atoms with Crippen molar-refractivity contribution in [3.8, 4) is 5.75 Å². The van der Waals surface area contributed by atoms with Gasteiger partial charge in [-0.15, -0.1) is 0 Å². The van der Waals surface area contributed by atoms with E-state index in [0.29, 0.717) is 0 Å². The summed E-state index contributed by atoms with van der Waals surface area (Å²) in [7, 11) is 0. The molecule has 108 valence electrons. The molecule has 1 aromatic heterocycles. The molecule has 0 saturated carbocycles.